The van der Waals surface area contributed by atoms with E-state index in [0.717, 1.165) is 44.0 Å². The van der Waals surface area contributed by atoms with Gasteiger partial charge in [0.25, 0.3) is 0 Å². The molecule has 0 saturated carbocycles. The van der Waals surface area contributed by atoms with E-state index in [1.807, 2.05) is 12.1 Å². The van der Waals surface area contributed by atoms with Gasteiger partial charge in [0.05, 0.1) is 30.9 Å². The molecule has 0 bridgehead atoms. The second kappa shape index (κ2) is 6.20. The molecule has 2 aliphatic rings. The van der Waals surface area contributed by atoms with E-state index in [0.29, 0.717) is 30.1 Å². The largest absolute Gasteiger partial charge is 0.489 e. The zero-order valence-corrected chi connectivity index (χ0v) is 12.5. The van der Waals surface area contributed by atoms with Crippen molar-refractivity contribution in [3.8, 4) is 11.5 Å². The molecule has 2 aliphatic heterocycles. The second-order valence-corrected chi connectivity index (χ2v) is 5.78. The monoisotopic (exact) mass is 297 g/mol. The van der Waals surface area contributed by atoms with Crippen LogP contribution in [0.3, 0.4) is 0 Å². The fourth-order valence-corrected chi connectivity index (χ4v) is 2.96. The Balaban J connectivity index is 1.76. The topological polar surface area (TPSA) is 30.9 Å². The van der Waals surface area contributed by atoms with Gasteiger partial charge in [-0.3, -0.25) is 4.90 Å². The molecule has 1 fully saturated rings. The van der Waals surface area contributed by atoms with E-state index in [1.165, 1.54) is 0 Å². The molecule has 3 rings (SSSR count). The van der Waals surface area contributed by atoms with Gasteiger partial charge >= 0.3 is 0 Å². The molecule has 110 valence electrons. The van der Waals surface area contributed by atoms with Crippen molar-refractivity contribution in [2.24, 2.45) is 0 Å². The molecule has 1 atom stereocenters. The third-order valence-electron chi connectivity index (χ3n) is 3.59. The molecule has 0 spiro atoms. The third kappa shape index (κ3) is 3.19. The lowest BCUT2D eigenvalue weighted by molar-refractivity contribution is -0.0212. The molecular weight excluding hydrogens is 278 g/mol. The Morgan fingerprint density at radius 2 is 2.10 bits per heavy atom. The first-order valence-electron chi connectivity index (χ1n) is 7.14. The second-order valence-electron chi connectivity index (χ2n) is 5.37. The van der Waals surface area contributed by atoms with Crippen LogP contribution in [-0.2, 0) is 11.3 Å². The van der Waals surface area contributed by atoms with E-state index in [2.05, 4.69) is 11.8 Å². The van der Waals surface area contributed by atoms with Gasteiger partial charge in [0.15, 0.2) is 11.5 Å². The minimum Gasteiger partial charge on any atom is -0.489 e. The Hall–Kier alpha value is -0.970. The number of morpholine rings is 1. The van der Waals surface area contributed by atoms with Gasteiger partial charge in [0.2, 0.25) is 0 Å². The molecule has 5 heteroatoms. The molecule has 1 saturated heterocycles. The Kier molecular flexibility index (Phi) is 4.34. The summed E-state index contributed by atoms with van der Waals surface area (Å²) in [6.07, 6.45) is 1.18. The van der Waals surface area contributed by atoms with Gasteiger partial charge in [0.1, 0.15) is 0 Å². The van der Waals surface area contributed by atoms with Crippen molar-refractivity contribution in [1.29, 1.82) is 0 Å². The summed E-state index contributed by atoms with van der Waals surface area (Å²) < 4.78 is 16.9. The van der Waals surface area contributed by atoms with E-state index in [1.54, 1.807) is 0 Å². The van der Waals surface area contributed by atoms with Crippen LogP contribution in [0.5, 0.6) is 11.5 Å². The zero-order valence-electron chi connectivity index (χ0n) is 11.7. The maximum absolute atomic E-state index is 6.32. The standard InChI is InChI=1S/C15H20ClNO3/c1-11-9-17(3-6-18-11)10-12-7-13(16)15-14(8-12)19-4-2-5-20-15/h7-8,11H,2-6,9-10H2,1H3. The Bertz CT molecular complexity index is 480. The summed E-state index contributed by atoms with van der Waals surface area (Å²) >= 11 is 6.32. The van der Waals surface area contributed by atoms with Gasteiger partial charge in [-0.2, -0.15) is 0 Å². The quantitative estimate of drug-likeness (QED) is 0.840. The van der Waals surface area contributed by atoms with E-state index in [-0.39, 0.29) is 0 Å². The maximum atomic E-state index is 6.32. The van der Waals surface area contributed by atoms with Crippen LogP contribution >= 0.6 is 11.6 Å². The molecule has 0 amide bonds. The van der Waals surface area contributed by atoms with Crippen molar-refractivity contribution in [3.63, 3.8) is 0 Å². The van der Waals surface area contributed by atoms with E-state index < -0.39 is 0 Å². The number of hydrogen-bond acceptors (Lipinski definition) is 4. The van der Waals surface area contributed by atoms with Crippen molar-refractivity contribution in [2.75, 3.05) is 32.9 Å². The van der Waals surface area contributed by atoms with Crippen LogP contribution in [0.4, 0.5) is 0 Å². The molecule has 0 aromatic heterocycles. The Labute approximate surface area is 124 Å². The van der Waals surface area contributed by atoms with Crippen molar-refractivity contribution < 1.29 is 14.2 Å². The van der Waals surface area contributed by atoms with Crippen LogP contribution in [0.15, 0.2) is 12.1 Å². The first-order valence-corrected chi connectivity index (χ1v) is 7.52. The van der Waals surface area contributed by atoms with Gasteiger partial charge in [-0.05, 0) is 24.6 Å². The number of halogens is 1. The number of nitrogens with zero attached hydrogens (tertiary/aromatic N) is 1. The summed E-state index contributed by atoms with van der Waals surface area (Å²) in [7, 11) is 0. The summed E-state index contributed by atoms with van der Waals surface area (Å²) in [5.74, 6) is 1.45. The average molecular weight is 298 g/mol. The molecule has 20 heavy (non-hydrogen) atoms. The minimum atomic E-state index is 0.291. The highest BCUT2D eigenvalue weighted by molar-refractivity contribution is 6.32. The van der Waals surface area contributed by atoms with E-state index >= 15 is 0 Å². The number of benzene rings is 1. The van der Waals surface area contributed by atoms with Gasteiger partial charge < -0.3 is 14.2 Å². The molecule has 4 nitrogen and oxygen atoms in total. The van der Waals surface area contributed by atoms with Crippen LogP contribution in [0.25, 0.3) is 0 Å². The fraction of sp³-hybridized carbons (Fsp3) is 0.600. The summed E-state index contributed by atoms with van der Waals surface area (Å²) in [5, 5.41) is 0.640. The normalized spacial score (nSPS) is 23.4. The summed E-state index contributed by atoms with van der Waals surface area (Å²) in [6, 6.07) is 4.03. The molecule has 2 heterocycles. The Morgan fingerprint density at radius 1 is 1.25 bits per heavy atom. The number of ether oxygens (including phenoxy) is 3. The summed E-state index contributed by atoms with van der Waals surface area (Å²) in [4.78, 5) is 2.38. The smallest absolute Gasteiger partial charge is 0.179 e. The maximum Gasteiger partial charge on any atom is 0.179 e. The first kappa shape index (κ1) is 14.0. The van der Waals surface area contributed by atoms with Gasteiger partial charge in [-0.25, -0.2) is 0 Å². The number of fused-ring (bicyclic) bond motifs is 1. The lowest BCUT2D eigenvalue weighted by atomic mass is 10.1. The molecule has 0 aliphatic carbocycles. The Morgan fingerprint density at radius 3 is 2.95 bits per heavy atom. The van der Waals surface area contributed by atoms with E-state index in [4.69, 9.17) is 25.8 Å². The molecule has 0 radical (unpaired) electrons. The van der Waals surface area contributed by atoms with E-state index in [9.17, 15) is 0 Å². The van der Waals surface area contributed by atoms with Crippen molar-refractivity contribution in [1.82, 2.24) is 4.90 Å². The lowest BCUT2D eigenvalue weighted by Gasteiger charge is -2.31. The zero-order chi connectivity index (χ0) is 13.9. The van der Waals surface area contributed by atoms with Crippen LogP contribution in [0.2, 0.25) is 5.02 Å². The highest BCUT2D eigenvalue weighted by Crippen LogP contribution is 2.38. The van der Waals surface area contributed by atoms with Crippen LogP contribution < -0.4 is 9.47 Å². The first-order chi connectivity index (χ1) is 9.72. The summed E-state index contributed by atoms with van der Waals surface area (Å²) in [5.41, 5.74) is 1.16. The number of hydrogen-bond donors (Lipinski definition) is 0. The highest BCUT2D eigenvalue weighted by atomic mass is 35.5. The van der Waals surface area contributed by atoms with Gasteiger partial charge in [0, 0.05) is 26.1 Å². The van der Waals surface area contributed by atoms with Crippen LogP contribution in [0, 0.1) is 0 Å². The molecular formula is C15H20ClNO3. The van der Waals surface area contributed by atoms with Crippen LogP contribution in [0.1, 0.15) is 18.9 Å². The average Bonchev–Trinajstić information content (AvgIpc) is 2.64. The number of rotatable bonds is 2. The molecule has 0 N–H and O–H groups in total. The van der Waals surface area contributed by atoms with Gasteiger partial charge in [-0.1, -0.05) is 11.6 Å². The molecule has 1 aromatic carbocycles. The lowest BCUT2D eigenvalue weighted by Crippen LogP contribution is -2.40. The fourth-order valence-electron chi connectivity index (χ4n) is 2.67. The SMILES string of the molecule is CC1CN(Cc2cc(Cl)c3c(c2)OCCCO3)CCO1. The molecule has 1 aromatic rings. The predicted octanol–water partition coefficient (Wildman–Crippen LogP) is 2.72. The van der Waals surface area contributed by atoms with Crippen molar-refractivity contribution in [2.45, 2.75) is 26.0 Å². The minimum absolute atomic E-state index is 0.291. The molecule has 1 unspecified atom stereocenters. The van der Waals surface area contributed by atoms with Crippen molar-refractivity contribution >= 4 is 11.6 Å². The van der Waals surface area contributed by atoms with Gasteiger partial charge in [-0.15, -0.1) is 0 Å². The van der Waals surface area contributed by atoms with Crippen LogP contribution in [-0.4, -0.2) is 43.9 Å². The third-order valence-corrected chi connectivity index (χ3v) is 3.87. The van der Waals surface area contributed by atoms with Crippen molar-refractivity contribution in [3.05, 3.63) is 22.7 Å². The highest BCUT2D eigenvalue weighted by Gasteiger charge is 2.19. The summed E-state index contributed by atoms with van der Waals surface area (Å²) in [6.45, 7) is 7.01. The predicted molar refractivity (Wildman–Crippen MR) is 77.8 cm³/mol.